The first-order chi connectivity index (χ1) is 2.00. The average Bonchev–Trinajstić information content (AvgIpc) is 0.722. The molecule has 10 N–H and O–H groups in total. The van der Waals surface area contributed by atoms with Gasteiger partial charge in [-0.05, 0) is 0 Å². The van der Waals surface area contributed by atoms with E-state index in [-0.39, 0.29) is 37.9 Å². The Kier molecular flexibility index (Phi) is 42.4. The molecule has 9 heteroatoms. The fourth-order valence-electron chi connectivity index (χ4n) is 0. The summed E-state index contributed by atoms with van der Waals surface area (Å²) in [6, 6.07) is 0. The van der Waals surface area contributed by atoms with Crippen LogP contribution in [0.15, 0.2) is 0 Å². The zero-order chi connectivity index (χ0) is 4.50. The van der Waals surface area contributed by atoms with Gasteiger partial charge < -0.3 is 23.3 Å². The van der Waals surface area contributed by atoms with E-state index in [4.69, 9.17) is 4.89 Å². The normalized spacial score (nSPS) is 6.56. The number of thiol groups is 2. The van der Waals surface area contributed by atoms with Gasteiger partial charge in [0.2, 0.25) is 0 Å². The van der Waals surface area contributed by atoms with Gasteiger partial charge in [-0.2, -0.15) is 0 Å². The first-order valence-electron chi connectivity index (χ1n) is 0.783. The molecule has 0 aliphatic rings. The van der Waals surface area contributed by atoms with Gasteiger partial charge in [-0.3, -0.25) is 4.57 Å². The van der Waals surface area contributed by atoms with Crippen LogP contribution in [-0.2, 0) is 24.0 Å². The Morgan fingerprint density at radius 3 is 1.11 bits per heavy atom. The van der Waals surface area contributed by atoms with Crippen LogP contribution in [0.3, 0.4) is 0 Å². The van der Waals surface area contributed by atoms with E-state index in [0.717, 1.165) is 0 Å². The van der Waals surface area contributed by atoms with E-state index in [1.54, 1.807) is 0 Å². The molecule has 0 aromatic rings. The topological polar surface area (TPSA) is 142 Å². The molecule has 0 bridgehead atoms. The van der Waals surface area contributed by atoms with Crippen LogP contribution >= 0.6 is 30.3 Å². The van der Waals surface area contributed by atoms with E-state index >= 15 is 0 Å². The summed E-state index contributed by atoms with van der Waals surface area (Å²) in [5, 5.41) is 0. The SMILES string of the molecule is N.N.N.O=P(O)(S)S.[Zn]. The van der Waals surface area contributed by atoms with Gasteiger partial charge in [0.1, 0.15) is 0 Å². The molecule has 0 spiro atoms. The maximum Gasteiger partial charge on any atom is 0.304 e. The molecule has 0 aliphatic carbocycles. The molecule has 0 rings (SSSR count). The zero-order valence-corrected chi connectivity index (χ0v) is 10.7. The first-order valence-corrected chi connectivity index (χ1v) is 4.75. The molecule has 0 atom stereocenters. The molecular formula is H12N3O2PS2Zn. The molecule has 0 saturated heterocycles. The summed E-state index contributed by atoms with van der Waals surface area (Å²) in [6.45, 7) is 0. The quantitative estimate of drug-likeness (QED) is 0.218. The standard InChI is InChI=1S/3H3N.H3O2PS2.Zn/c;;;1-3(2,4)5;/h3*1H3;(H3,1,2,4,5);. The Labute approximate surface area is 77.6 Å². The minimum absolute atomic E-state index is 0. The first kappa shape index (κ1) is 31.5. The van der Waals surface area contributed by atoms with E-state index in [2.05, 4.69) is 24.5 Å². The van der Waals surface area contributed by atoms with Crippen molar-refractivity contribution in [2.24, 2.45) is 0 Å². The number of hydrogen-bond acceptors (Lipinski definition) is 4. The molecule has 9 heavy (non-hydrogen) atoms. The van der Waals surface area contributed by atoms with Crippen molar-refractivity contribution in [1.82, 2.24) is 18.5 Å². The molecule has 0 aromatic heterocycles. The summed E-state index contributed by atoms with van der Waals surface area (Å²) in [5.74, 6) is -3.25. The van der Waals surface area contributed by atoms with E-state index in [0.29, 0.717) is 0 Å². The van der Waals surface area contributed by atoms with Crippen LogP contribution in [0.5, 0.6) is 0 Å². The van der Waals surface area contributed by atoms with Crippen molar-refractivity contribution < 1.29 is 28.9 Å². The minimum Gasteiger partial charge on any atom is -0.344 e. The van der Waals surface area contributed by atoms with Crippen molar-refractivity contribution in [3.63, 3.8) is 0 Å². The van der Waals surface area contributed by atoms with Gasteiger partial charge in [-0.25, -0.2) is 0 Å². The van der Waals surface area contributed by atoms with Crippen molar-refractivity contribution >= 4 is 30.3 Å². The van der Waals surface area contributed by atoms with Crippen molar-refractivity contribution in [3.05, 3.63) is 0 Å². The zero-order valence-electron chi connectivity index (χ0n) is 5.03. The van der Waals surface area contributed by atoms with Gasteiger partial charge in [0.25, 0.3) is 0 Å². The van der Waals surface area contributed by atoms with Gasteiger partial charge in [-0.15, -0.1) is 0 Å². The maximum absolute atomic E-state index is 9.50. The smallest absolute Gasteiger partial charge is 0.304 e. The van der Waals surface area contributed by atoms with Crippen molar-refractivity contribution in [2.45, 2.75) is 0 Å². The molecule has 0 heterocycles. The van der Waals surface area contributed by atoms with Crippen molar-refractivity contribution in [3.8, 4) is 0 Å². The van der Waals surface area contributed by atoms with Gasteiger partial charge in [0.15, 0.2) is 0 Å². The van der Waals surface area contributed by atoms with Gasteiger partial charge >= 0.3 is 5.77 Å². The molecule has 0 radical (unpaired) electrons. The summed E-state index contributed by atoms with van der Waals surface area (Å²) in [5.41, 5.74) is 0. The Balaban J connectivity index is -0.0000000133. The van der Waals surface area contributed by atoms with Gasteiger partial charge in [0.05, 0.1) is 0 Å². The summed E-state index contributed by atoms with van der Waals surface area (Å²) < 4.78 is 9.50. The summed E-state index contributed by atoms with van der Waals surface area (Å²) in [6.07, 6.45) is 0. The molecule has 0 aromatic carbocycles. The summed E-state index contributed by atoms with van der Waals surface area (Å²) >= 11 is 6.20. The summed E-state index contributed by atoms with van der Waals surface area (Å²) in [4.78, 5) is 7.80. The third kappa shape index (κ3) is 264. The summed E-state index contributed by atoms with van der Waals surface area (Å²) in [7, 11) is 0. The van der Waals surface area contributed by atoms with E-state index in [1.807, 2.05) is 0 Å². The minimum atomic E-state index is -3.25. The molecule has 58 valence electrons. The van der Waals surface area contributed by atoms with Crippen LogP contribution in [-0.4, -0.2) is 4.89 Å². The fraction of sp³-hybridized carbons (Fsp3) is 0. The molecule has 0 aliphatic heterocycles. The van der Waals surface area contributed by atoms with Crippen LogP contribution < -0.4 is 18.5 Å². The Bertz CT molecular complexity index is 65.9. The van der Waals surface area contributed by atoms with E-state index < -0.39 is 5.77 Å². The molecular weight excluding hydrogens is 235 g/mol. The predicted octanol–water partition coefficient (Wildman–Crippen LogP) is 1.43. The fourth-order valence-corrected chi connectivity index (χ4v) is 0. The molecule has 0 amide bonds. The largest absolute Gasteiger partial charge is 0.344 e. The molecule has 0 unspecified atom stereocenters. The van der Waals surface area contributed by atoms with Crippen molar-refractivity contribution in [1.29, 1.82) is 0 Å². The molecule has 0 fully saturated rings. The molecule has 0 saturated carbocycles. The average molecular weight is 247 g/mol. The Morgan fingerprint density at radius 2 is 1.11 bits per heavy atom. The second-order valence-corrected chi connectivity index (χ2v) is 5.74. The molecule has 5 nitrogen and oxygen atoms in total. The van der Waals surface area contributed by atoms with Crippen LogP contribution in [0.25, 0.3) is 0 Å². The predicted molar refractivity (Wildman–Crippen MR) is 42.9 cm³/mol. The van der Waals surface area contributed by atoms with Crippen molar-refractivity contribution in [2.75, 3.05) is 0 Å². The van der Waals surface area contributed by atoms with Crippen LogP contribution in [0.2, 0.25) is 0 Å². The second-order valence-electron chi connectivity index (χ2n) is 0.513. The maximum atomic E-state index is 9.50. The second kappa shape index (κ2) is 12.1. The monoisotopic (exact) mass is 245 g/mol. The van der Waals surface area contributed by atoms with E-state index in [1.165, 1.54) is 0 Å². The number of hydrogen-bond donors (Lipinski definition) is 6. The van der Waals surface area contributed by atoms with Crippen LogP contribution in [0, 0.1) is 0 Å². The van der Waals surface area contributed by atoms with Gasteiger partial charge in [-0.1, -0.05) is 24.5 Å². The van der Waals surface area contributed by atoms with Crippen LogP contribution in [0.4, 0.5) is 0 Å². The third-order valence-corrected chi connectivity index (χ3v) is 0. The Hall–Kier alpha value is 1.39. The van der Waals surface area contributed by atoms with Gasteiger partial charge in [0, 0.05) is 19.5 Å². The van der Waals surface area contributed by atoms with Crippen LogP contribution in [0.1, 0.15) is 0 Å². The third-order valence-electron chi connectivity index (χ3n) is 0. The Morgan fingerprint density at radius 1 is 1.11 bits per heavy atom. The van der Waals surface area contributed by atoms with E-state index in [9.17, 15) is 4.57 Å². The number of rotatable bonds is 0.